The lowest BCUT2D eigenvalue weighted by Crippen LogP contribution is -1.98. The Morgan fingerprint density at radius 1 is 1.16 bits per heavy atom. The second-order valence-electron chi connectivity index (χ2n) is 4.28. The van der Waals surface area contributed by atoms with Crippen LogP contribution in [0.5, 0.6) is 11.8 Å². The van der Waals surface area contributed by atoms with Crippen LogP contribution >= 0.6 is 0 Å². The lowest BCUT2D eigenvalue weighted by Gasteiger charge is -2.09. The number of hydrogen-bond donors (Lipinski definition) is 1. The average Bonchev–Trinajstić information content (AvgIpc) is 2.85. The summed E-state index contributed by atoms with van der Waals surface area (Å²) in [4.78, 5) is 4.07. The number of hydrogen-bond acceptors (Lipinski definition) is 4. The first-order valence-electron chi connectivity index (χ1n) is 6.02. The Balaban J connectivity index is 2.09. The first kappa shape index (κ1) is 11.7. The van der Waals surface area contributed by atoms with Gasteiger partial charge in [0.1, 0.15) is 12.1 Å². The monoisotopic (exact) mass is 254 g/mol. The van der Waals surface area contributed by atoms with Crippen molar-refractivity contribution in [1.82, 2.24) is 14.8 Å². The van der Waals surface area contributed by atoms with E-state index in [0.717, 1.165) is 22.1 Å². The van der Waals surface area contributed by atoms with Gasteiger partial charge in [-0.2, -0.15) is 4.98 Å². The van der Waals surface area contributed by atoms with Crippen LogP contribution in [0.3, 0.4) is 0 Å². The molecule has 0 saturated heterocycles. The molecule has 2 N–H and O–H groups in total. The van der Waals surface area contributed by atoms with Gasteiger partial charge in [0.2, 0.25) is 0 Å². The molecule has 3 aromatic rings. The normalized spacial score (nSPS) is 10.8. The number of benzene rings is 2. The summed E-state index contributed by atoms with van der Waals surface area (Å²) < 4.78 is 7.33. The molecule has 3 rings (SSSR count). The summed E-state index contributed by atoms with van der Waals surface area (Å²) >= 11 is 0. The van der Waals surface area contributed by atoms with Crippen molar-refractivity contribution in [1.29, 1.82) is 0 Å². The van der Waals surface area contributed by atoms with Crippen molar-refractivity contribution in [3.8, 4) is 11.8 Å². The van der Waals surface area contributed by atoms with E-state index >= 15 is 0 Å². The number of fused-ring (bicyclic) bond motifs is 1. The number of aromatic nitrogens is 3. The summed E-state index contributed by atoms with van der Waals surface area (Å²) in [6.45, 7) is 0.503. The van der Waals surface area contributed by atoms with E-state index in [2.05, 4.69) is 10.1 Å². The summed E-state index contributed by atoms with van der Waals surface area (Å²) in [6, 6.07) is 12.2. The molecule has 5 heteroatoms. The molecule has 0 spiro atoms. The fourth-order valence-corrected chi connectivity index (χ4v) is 2.07. The van der Waals surface area contributed by atoms with Gasteiger partial charge in [-0.05, 0) is 17.0 Å². The number of nitrogens with two attached hydrogens (primary N) is 1. The molecule has 0 radical (unpaired) electrons. The predicted octanol–water partition coefficient (Wildman–Crippen LogP) is 2.22. The third kappa shape index (κ3) is 2.15. The van der Waals surface area contributed by atoms with Gasteiger partial charge in [-0.15, -0.1) is 5.10 Å². The van der Waals surface area contributed by atoms with Crippen molar-refractivity contribution in [2.45, 2.75) is 6.54 Å². The highest BCUT2D eigenvalue weighted by Gasteiger charge is 2.08. The fourth-order valence-electron chi connectivity index (χ4n) is 2.07. The third-order valence-corrected chi connectivity index (χ3v) is 2.97. The second kappa shape index (κ2) is 4.70. The van der Waals surface area contributed by atoms with Crippen LogP contribution in [0.1, 0.15) is 5.56 Å². The molecule has 0 saturated carbocycles. The van der Waals surface area contributed by atoms with E-state index in [4.69, 9.17) is 10.5 Å². The average molecular weight is 254 g/mol. The van der Waals surface area contributed by atoms with Gasteiger partial charge in [-0.3, -0.25) is 4.68 Å². The Morgan fingerprint density at radius 2 is 1.95 bits per heavy atom. The van der Waals surface area contributed by atoms with E-state index in [1.54, 1.807) is 18.1 Å². The number of nitrogens with zero attached hydrogens (tertiary/aromatic N) is 3. The quantitative estimate of drug-likeness (QED) is 0.778. The molecule has 0 unspecified atom stereocenters. The molecule has 2 aromatic carbocycles. The molecular weight excluding hydrogens is 240 g/mol. The zero-order valence-electron chi connectivity index (χ0n) is 10.6. The lowest BCUT2D eigenvalue weighted by molar-refractivity contribution is 0.443. The van der Waals surface area contributed by atoms with Crippen molar-refractivity contribution in [3.05, 3.63) is 48.3 Å². The van der Waals surface area contributed by atoms with Crippen molar-refractivity contribution >= 4 is 10.8 Å². The maximum absolute atomic E-state index is 5.75. The topological polar surface area (TPSA) is 66.0 Å². The Hall–Kier alpha value is -2.40. The summed E-state index contributed by atoms with van der Waals surface area (Å²) in [5.74, 6) is 0.735. The molecule has 0 fully saturated rings. The summed E-state index contributed by atoms with van der Waals surface area (Å²) in [6.07, 6.45) is 1.60. The summed E-state index contributed by atoms with van der Waals surface area (Å²) in [7, 11) is 1.80. The van der Waals surface area contributed by atoms with Gasteiger partial charge >= 0.3 is 6.01 Å². The number of rotatable bonds is 3. The van der Waals surface area contributed by atoms with Crippen LogP contribution in [0.15, 0.2) is 42.7 Å². The first-order chi connectivity index (χ1) is 9.28. The Kier molecular flexibility index (Phi) is 2.89. The highest BCUT2D eigenvalue weighted by molar-refractivity contribution is 5.91. The van der Waals surface area contributed by atoms with Crippen LogP contribution in [-0.2, 0) is 13.6 Å². The molecule has 0 atom stereocenters. The molecule has 0 aliphatic carbocycles. The molecule has 0 bridgehead atoms. The highest BCUT2D eigenvalue weighted by atomic mass is 16.5. The smallest absolute Gasteiger partial charge is 0.340 e. The van der Waals surface area contributed by atoms with E-state index < -0.39 is 0 Å². The van der Waals surface area contributed by atoms with Crippen LogP contribution in [0.4, 0.5) is 0 Å². The van der Waals surface area contributed by atoms with Crippen LogP contribution in [0.25, 0.3) is 10.8 Å². The Morgan fingerprint density at radius 3 is 2.63 bits per heavy atom. The van der Waals surface area contributed by atoms with Gasteiger partial charge in [0.25, 0.3) is 0 Å². The van der Waals surface area contributed by atoms with Crippen molar-refractivity contribution < 1.29 is 4.74 Å². The van der Waals surface area contributed by atoms with Gasteiger partial charge in [0.15, 0.2) is 0 Å². The van der Waals surface area contributed by atoms with E-state index in [0.29, 0.717) is 12.6 Å². The molecule has 1 aromatic heterocycles. The van der Waals surface area contributed by atoms with Crippen molar-refractivity contribution in [3.63, 3.8) is 0 Å². The lowest BCUT2D eigenvalue weighted by atomic mass is 10.0. The summed E-state index contributed by atoms with van der Waals surface area (Å²) in [5.41, 5.74) is 6.85. The minimum absolute atomic E-state index is 0.341. The van der Waals surface area contributed by atoms with Crippen molar-refractivity contribution in [2.24, 2.45) is 12.8 Å². The van der Waals surface area contributed by atoms with E-state index in [-0.39, 0.29) is 0 Å². The minimum atomic E-state index is 0.341. The molecule has 5 nitrogen and oxygen atoms in total. The van der Waals surface area contributed by atoms with Crippen LogP contribution in [0.2, 0.25) is 0 Å². The molecule has 1 heterocycles. The molecule has 0 aliphatic heterocycles. The van der Waals surface area contributed by atoms with Gasteiger partial charge in [0.05, 0.1) is 0 Å². The fraction of sp³-hybridized carbons (Fsp3) is 0.143. The van der Waals surface area contributed by atoms with Gasteiger partial charge in [-0.25, -0.2) is 0 Å². The Bertz CT molecular complexity index is 720. The largest absolute Gasteiger partial charge is 0.423 e. The van der Waals surface area contributed by atoms with Crippen LogP contribution in [0, 0.1) is 0 Å². The van der Waals surface area contributed by atoms with E-state index in [9.17, 15) is 0 Å². The molecular formula is C14H14N4O. The second-order valence-corrected chi connectivity index (χ2v) is 4.28. The van der Waals surface area contributed by atoms with Gasteiger partial charge in [-0.1, -0.05) is 30.3 Å². The van der Waals surface area contributed by atoms with Gasteiger partial charge in [0, 0.05) is 19.0 Å². The molecule has 0 aliphatic rings. The Labute approximate surface area is 110 Å². The van der Waals surface area contributed by atoms with Crippen LogP contribution < -0.4 is 10.5 Å². The molecule has 19 heavy (non-hydrogen) atoms. The van der Waals surface area contributed by atoms with Crippen molar-refractivity contribution in [2.75, 3.05) is 0 Å². The molecule has 0 amide bonds. The SMILES string of the molecule is Cn1cnc(Oc2ccc(CN)c3ccccc23)n1. The zero-order chi connectivity index (χ0) is 13.2. The van der Waals surface area contributed by atoms with Gasteiger partial charge < -0.3 is 10.5 Å². The predicted molar refractivity (Wildman–Crippen MR) is 72.9 cm³/mol. The zero-order valence-corrected chi connectivity index (χ0v) is 10.6. The number of ether oxygens (including phenoxy) is 1. The minimum Gasteiger partial charge on any atom is -0.423 e. The van der Waals surface area contributed by atoms with E-state index in [1.807, 2.05) is 36.4 Å². The first-order valence-corrected chi connectivity index (χ1v) is 6.02. The number of aryl methyl sites for hydroxylation is 1. The standard InChI is InChI=1S/C14H14N4O/c1-18-9-16-14(17-18)19-13-7-6-10(8-15)11-4-2-3-5-12(11)13/h2-7,9H,8,15H2,1H3. The highest BCUT2D eigenvalue weighted by Crippen LogP contribution is 2.30. The van der Waals surface area contributed by atoms with E-state index in [1.165, 1.54) is 0 Å². The maximum atomic E-state index is 5.75. The maximum Gasteiger partial charge on any atom is 0.340 e. The third-order valence-electron chi connectivity index (χ3n) is 2.97. The summed E-state index contributed by atoms with van der Waals surface area (Å²) in [5, 5.41) is 6.22. The van der Waals surface area contributed by atoms with Crippen LogP contribution in [-0.4, -0.2) is 14.8 Å². The molecule has 96 valence electrons.